The summed E-state index contributed by atoms with van der Waals surface area (Å²) in [5.41, 5.74) is 0.621. The van der Waals surface area contributed by atoms with Gasteiger partial charge in [0, 0.05) is 25.8 Å². The Balaban J connectivity index is 4.28. The Bertz CT molecular complexity index is 238. The van der Waals surface area contributed by atoms with Crippen LogP contribution in [0.2, 0.25) is 0 Å². The Morgan fingerprint density at radius 3 is 2.10 bits per heavy atom. The third-order valence-corrected chi connectivity index (χ3v) is 4.23. The maximum absolute atomic E-state index is 5.62. The molecule has 0 fully saturated rings. The third-order valence-electron chi connectivity index (χ3n) is 4.23. The average molecular weight is 302 g/mol. The Hall–Kier alpha value is -0.120. The first-order chi connectivity index (χ1) is 9.89. The van der Waals surface area contributed by atoms with Gasteiger partial charge < -0.3 is 14.8 Å². The number of hydrogen-bond acceptors (Lipinski definition) is 3. The molecule has 3 nitrogen and oxygen atoms in total. The lowest BCUT2D eigenvalue weighted by Gasteiger charge is -2.36. The fourth-order valence-electron chi connectivity index (χ4n) is 2.58. The van der Waals surface area contributed by atoms with Gasteiger partial charge in [-0.15, -0.1) is 0 Å². The summed E-state index contributed by atoms with van der Waals surface area (Å²) in [6.45, 7) is 14.8. The summed E-state index contributed by atoms with van der Waals surface area (Å²) in [6.07, 6.45) is 7.56. The van der Waals surface area contributed by atoms with Gasteiger partial charge in [-0.25, -0.2) is 0 Å². The molecule has 1 atom stereocenters. The zero-order valence-corrected chi connectivity index (χ0v) is 15.4. The smallest absolute Gasteiger partial charge is 0.0700 e. The van der Waals surface area contributed by atoms with Gasteiger partial charge in [0.1, 0.15) is 0 Å². The molecule has 0 spiro atoms. The van der Waals surface area contributed by atoms with Crippen LogP contribution in [-0.2, 0) is 9.47 Å². The quantitative estimate of drug-likeness (QED) is 0.511. The summed E-state index contributed by atoms with van der Waals surface area (Å²) in [7, 11) is 1.72. The molecule has 0 aromatic carbocycles. The minimum Gasteiger partial charge on any atom is -0.382 e. The van der Waals surface area contributed by atoms with E-state index in [0.717, 1.165) is 19.6 Å². The lowest BCUT2D eigenvalue weighted by Crippen LogP contribution is -2.44. The minimum absolute atomic E-state index is 0.196. The average Bonchev–Trinajstić information content (AvgIpc) is 2.44. The van der Waals surface area contributed by atoms with Crippen molar-refractivity contribution in [2.75, 3.05) is 33.5 Å². The fourth-order valence-corrected chi connectivity index (χ4v) is 2.58. The van der Waals surface area contributed by atoms with E-state index >= 15 is 0 Å². The van der Waals surface area contributed by atoms with Crippen LogP contribution in [0.3, 0.4) is 0 Å². The summed E-state index contributed by atoms with van der Waals surface area (Å²) in [5, 5.41) is 3.72. The van der Waals surface area contributed by atoms with Crippen molar-refractivity contribution >= 4 is 0 Å². The predicted octanol–water partition coefficient (Wildman–Crippen LogP) is 4.40. The van der Waals surface area contributed by atoms with E-state index in [1.54, 1.807) is 7.11 Å². The maximum atomic E-state index is 5.62. The van der Waals surface area contributed by atoms with Crippen LogP contribution in [-0.4, -0.2) is 39.0 Å². The van der Waals surface area contributed by atoms with Crippen molar-refractivity contribution < 1.29 is 9.47 Å². The zero-order valence-electron chi connectivity index (χ0n) is 15.4. The van der Waals surface area contributed by atoms with Crippen LogP contribution in [0.1, 0.15) is 73.1 Å². The highest BCUT2D eigenvalue weighted by Gasteiger charge is 2.28. The standard InChI is InChI=1S/C18H39NO2/c1-7-9-11-18(8-2,16-19-17(3,4)5)12-10-13-21-15-14-20-6/h19H,7-16H2,1-6H3. The van der Waals surface area contributed by atoms with Gasteiger partial charge in [0.05, 0.1) is 13.2 Å². The highest BCUT2D eigenvalue weighted by molar-refractivity contribution is 4.84. The number of methoxy groups -OCH3 is 1. The summed E-state index contributed by atoms with van der Waals surface area (Å²) in [4.78, 5) is 0. The van der Waals surface area contributed by atoms with Gasteiger partial charge in [0.2, 0.25) is 0 Å². The Labute approximate surface area is 133 Å². The van der Waals surface area contributed by atoms with Crippen LogP contribution in [0, 0.1) is 5.41 Å². The van der Waals surface area contributed by atoms with Crippen molar-refractivity contribution in [3.8, 4) is 0 Å². The fraction of sp³-hybridized carbons (Fsp3) is 1.00. The number of ether oxygens (including phenoxy) is 2. The van der Waals surface area contributed by atoms with Crippen LogP contribution in [0.4, 0.5) is 0 Å². The lowest BCUT2D eigenvalue weighted by atomic mass is 9.76. The molecule has 0 bridgehead atoms. The molecule has 128 valence electrons. The molecule has 0 heterocycles. The van der Waals surface area contributed by atoms with Crippen LogP contribution in [0.25, 0.3) is 0 Å². The first-order valence-electron chi connectivity index (χ1n) is 8.71. The van der Waals surface area contributed by atoms with E-state index in [1.807, 2.05) is 0 Å². The Morgan fingerprint density at radius 1 is 0.905 bits per heavy atom. The SMILES string of the molecule is CCCCC(CC)(CCCOCCOC)CNC(C)(C)C. The van der Waals surface area contributed by atoms with E-state index in [0.29, 0.717) is 18.6 Å². The normalized spacial score (nSPS) is 15.1. The van der Waals surface area contributed by atoms with Gasteiger partial charge in [-0.05, 0) is 51.9 Å². The summed E-state index contributed by atoms with van der Waals surface area (Å²) >= 11 is 0. The molecular formula is C18H39NO2. The van der Waals surface area contributed by atoms with E-state index < -0.39 is 0 Å². The van der Waals surface area contributed by atoms with Crippen molar-refractivity contribution in [3.63, 3.8) is 0 Å². The molecule has 0 amide bonds. The van der Waals surface area contributed by atoms with Crippen molar-refractivity contribution in [2.24, 2.45) is 5.41 Å². The Kier molecular flexibility index (Phi) is 11.4. The molecule has 0 aliphatic carbocycles. The van der Waals surface area contributed by atoms with E-state index in [9.17, 15) is 0 Å². The summed E-state index contributed by atoms with van der Waals surface area (Å²) in [6, 6.07) is 0. The molecule has 0 aliphatic heterocycles. The number of rotatable bonds is 13. The Morgan fingerprint density at radius 2 is 1.57 bits per heavy atom. The van der Waals surface area contributed by atoms with E-state index in [-0.39, 0.29) is 5.54 Å². The molecule has 1 N–H and O–H groups in total. The van der Waals surface area contributed by atoms with Crippen LogP contribution in [0.15, 0.2) is 0 Å². The second kappa shape index (κ2) is 11.4. The van der Waals surface area contributed by atoms with E-state index in [1.165, 1.54) is 32.1 Å². The van der Waals surface area contributed by atoms with Gasteiger partial charge in [-0.3, -0.25) is 0 Å². The highest BCUT2D eigenvalue weighted by Crippen LogP contribution is 2.34. The topological polar surface area (TPSA) is 30.5 Å². The number of unbranched alkanes of at least 4 members (excludes halogenated alkanes) is 1. The third kappa shape index (κ3) is 11.1. The van der Waals surface area contributed by atoms with Crippen LogP contribution >= 0.6 is 0 Å². The molecule has 0 aliphatic rings. The van der Waals surface area contributed by atoms with Gasteiger partial charge in [0.25, 0.3) is 0 Å². The second-order valence-corrected chi connectivity index (χ2v) is 7.27. The first-order valence-corrected chi connectivity index (χ1v) is 8.71. The van der Waals surface area contributed by atoms with E-state index in [2.05, 4.69) is 39.9 Å². The van der Waals surface area contributed by atoms with Crippen molar-refractivity contribution in [1.29, 1.82) is 0 Å². The molecule has 1 unspecified atom stereocenters. The van der Waals surface area contributed by atoms with Gasteiger partial charge in [0.15, 0.2) is 0 Å². The van der Waals surface area contributed by atoms with Crippen molar-refractivity contribution in [2.45, 2.75) is 78.7 Å². The van der Waals surface area contributed by atoms with Gasteiger partial charge in [-0.2, -0.15) is 0 Å². The molecule has 3 heteroatoms. The first kappa shape index (κ1) is 20.9. The molecule has 0 aromatic heterocycles. The monoisotopic (exact) mass is 301 g/mol. The molecule has 0 radical (unpaired) electrons. The molecule has 21 heavy (non-hydrogen) atoms. The van der Waals surface area contributed by atoms with Crippen LogP contribution < -0.4 is 5.32 Å². The molecular weight excluding hydrogens is 262 g/mol. The molecule has 0 saturated carbocycles. The van der Waals surface area contributed by atoms with Gasteiger partial charge in [-0.1, -0.05) is 26.7 Å². The zero-order chi connectivity index (χ0) is 16.2. The minimum atomic E-state index is 0.196. The second-order valence-electron chi connectivity index (χ2n) is 7.27. The molecule has 0 aromatic rings. The molecule has 0 saturated heterocycles. The van der Waals surface area contributed by atoms with E-state index in [4.69, 9.17) is 9.47 Å². The molecule has 0 rings (SSSR count). The highest BCUT2D eigenvalue weighted by atomic mass is 16.5. The maximum Gasteiger partial charge on any atom is 0.0700 e. The summed E-state index contributed by atoms with van der Waals surface area (Å²) < 4.78 is 10.6. The van der Waals surface area contributed by atoms with Gasteiger partial charge >= 0.3 is 0 Å². The van der Waals surface area contributed by atoms with Crippen LogP contribution in [0.5, 0.6) is 0 Å². The largest absolute Gasteiger partial charge is 0.382 e. The number of hydrogen-bond donors (Lipinski definition) is 1. The van der Waals surface area contributed by atoms with Crippen molar-refractivity contribution in [1.82, 2.24) is 5.32 Å². The lowest BCUT2D eigenvalue weighted by molar-refractivity contribution is 0.0612. The summed E-state index contributed by atoms with van der Waals surface area (Å²) in [5.74, 6) is 0. The number of nitrogens with one attached hydrogen (secondary N) is 1. The van der Waals surface area contributed by atoms with Crippen molar-refractivity contribution in [3.05, 3.63) is 0 Å². The predicted molar refractivity (Wildman–Crippen MR) is 91.9 cm³/mol.